The van der Waals surface area contributed by atoms with Crippen LogP contribution in [0.1, 0.15) is 22.8 Å². The van der Waals surface area contributed by atoms with Crippen LogP contribution in [0.25, 0.3) is 10.8 Å². The number of aromatic nitrogens is 1. The summed E-state index contributed by atoms with van der Waals surface area (Å²) >= 11 is 0. The van der Waals surface area contributed by atoms with Crippen LogP contribution >= 0.6 is 12.4 Å². The minimum atomic E-state index is -0.235. The number of nitrogen functional groups attached to an aromatic ring is 1. The maximum absolute atomic E-state index is 13.3. The van der Waals surface area contributed by atoms with Gasteiger partial charge in [0.2, 0.25) is 5.75 Å². The van der Waals surface area contributed by atoms with Crippen LogP contribution in [-0.4, -0.2) is 38.7 Å². The number of methoxy groups -OCH3 is 3. The van der Waals surface area contributed by atoms with Gasteiger partial charge in [-0.25, -0.2) is 0 Å². The highest BCUT2D eigenvalue weighted by Crippen LogP contribution is 2.39. The Morgan fingerprint density at radius 2 is 1.62 bits per heavy atom. The number of nitrogens with zero attached hydrogens (tertiary/aromatic N) is 1. The van der Waals surface area contributed by atoms with Gasteiger partial charge in [-0.2, -0.15) is 0 Å². The summed E-state index contributed by atoms with van der Waals surface area (Å²) in [5.41, 5.74) is 7.46. The zero-order valence-electron chi connectivity index (χ0n) is 16.6. The monoisotopic (exact) mass is 418 g/mol. The van der Waals surface area contributed by atoms with Gasteiger partial charge in [-0.3, -0.25) is 9.78 Å². The molecule has 3 aromatic rings. The van der Waals surface area contributed by atoms with Gasteiger partial charge in [0.25, 0.3) is 0 Å². The number of carbonyl (C=O) groups is 1. The largest absolute Gasteiger partial charge is 0.493 e. The zero-order chi connectivity index (χ0) is 20.3. The van der Waals surface area contributed by atoms with Crippen LogP contribution in [0.2, 0.25) is 0 Å². The number of fused-ring (bicyclic) bond motifs is 1. The van der Waals surface area contributed by atoms with Gasteiger partial charge in [-0.15, -0.1) is 12.4 Å². The highest BCUT2D eigenvalue weighted by atomic mass is 35.5. The molecular weight excluding hydrogens is 396 g/mol. The van der Waals surface area contributed by atoms with Gasteiger partial charge in [0, 0.05) is 28.9 Å². The van der Waals surface area contributed by atoms with Crippen molar-refractivity contribution in [3.63, 3.8) is 0 Å². The maximum Gasteiger partial charge on any atom is 0.203 e. The van der Waals surface area contributed by atoms with Crippen LogP contribution in [-0.2, 0) is 0 Å². The lowest BCUT2D eigenvalue weighted by Crippen LogP contribution is -2.06. The summed E-state index contributed by atoms with van der Waals surface area (Å²) in [4.78, 5) is 17.5. The molecule has 0 radical (unpaired) electrons. The molecule has 0 saturated heterocycles. The first kappa shape index (κ1) is 22.1. The number of nitrogens with two attached hydrogens (primary N) is 1. The van der Waals surface area contributed by atoms with Crippen LogP contribution in [0.4, 0.5) is 5.69 Å². The molecule has 2 N–H and O–H groups in total. The fourth-order valence-electron chi connectivity index (χ4n) is 3.08. The van der Waals surface area contributed by atoms with Crippen molar-refractivity contribution in [2.45, 2.75) is 6.92 Å². The van der Waals surface area contributed by atoms with E-state index in [1.54, 1.807) is 24.4 Å². The van der Waals surface area contributed by atoms with Crippen molar-refractivity contribution < 1.29 is 23.7 Å². The van der Waals surface area contributed by atoms with Crippen molar-refractivity contribution in [1.82, 2.24) is 4.98 Å². The molecule has 0 aliphatic heterocycles. The second-order valence-corrected chi connectivity index (χ2v) is 5.94. The molecule has 1 heterocycles. The first-order valence-corrected chi connectivity index (χ1v) is 8.69. The van der Waals surface area contributed by atoms with Crippen molar-refractivity contribution in [2.24, 2.45) is 0 Å². The summed E-state index contributed by atoms with van der Waals surface area (Å²) in [6, 6.07) is 6.79. The quantitative estimate of drug-likeness (QED) is 0.459. The predicted octanol–water partition coefficient (Wildman–Crippen LogP) is 3.89. The third-order valence-electron chi connectivity index (χ3n) is 4.42. The van der Waals surface area contributed by atoms with E-state index in [9.17, 15) is 4.79 Å². The molecule has 3 rings (SSSR count). The average molecular weight is 419 g/mol. The SMILES string of the molecule is CCOc1ccc2c(C(=O)c3cc(OC)c(OC)c(OC)c3)cncc2c1N.Cl. The lowest BCUT2D eigenvalue weighted by molar-refractivity contribution is 0.103. The molecule has 0 saturated carbocycles. The first-order chi connectivity index (χ1) is 13.5. The molecule has 2 aromatic carbocycles. The van der Waals surface area contributed by atoms with Gasteiger partial charge in [0.1, 0.15) is 5.75 Å². The number of carbonyl (C=O) groups excluding carboxylic acids is 1. The predicted molar refractivity (Wildman–Crippen MR) is 114 cm³/mol. The topological polar surface area (TPSA) is 92.9 Å². The summed E-state index contributed by atoms with van der Waals surface area (Å²) in [6.07, 6.45) is 3.15. The molecule has 0 aliphatic rings. The van der Waals surface area contributed by atoms with Crippen molar-refractivity contribution >= 4 is 34.7 Å². The summed E-state index contributed by atoms with van der Waals surface area (Å²) in [5, 5.41) is 1.35. The van der Waals surface area contributed by atoms with Gasteiger partial charge in [-0.1, -0.05) is 0 Å². The molecule has 154 valence electrons. The second-order valence-electron chi connectivity index (χ2n) is 5.94. The Morgan fingerprint density at radius 1 is 0.966 bits per heavy atom. The van der Waals surface area contributed by atoms with E-state index in [1.165, 1.54) is 27.5 Å². The van der Waals surface area contributed by atoms with E-state index >= 15 is 0 Å². The van der Waals surface area contributed by atoms with Crippen molar-refractivity contribution in [3.05, 3.63) is 47.8 Å². The number of anilines is 1. The summed E-state index contributed by atoms with van der Waals surface area (Å²) < 4.78 is 21.5. The lowest BCUT2D eigenvalue weighted by atomic mass is 9.98. The van der Waals surface area contributed by atoms with E-state index < -0.39 is 0 Å². The Kier molecular flexibility index (Phi) is 7.12. The molecule has 0 unspecified atom stereocenters. The minimum Gasteiger partial charge on any atom is -0.493 e. The number of ketones is 1. The first-order valence-electron chi connectivity index (χ1n) is 8.69. The summed E-state index contributed by atoms with van der Waals surface area (Å²) in [6.45, 7) is 2.37. The van der Waals surface area contributed by atoms with Gasteiger partial charge < -0.3 is 24.7 Å². The Bertz CT molecular complexity index is 1010. The Hall–Kier alpha value is -3.19. The van der Waals surface area contributed by atoms with E-state index in [2.05, 4.69) is 4.98 Å². The molecule has 0 aliphatic carbocycles. The van der Waals surface area contributed by atoms with Crippen molar-refractivity contribution in [1.29, 1.82) is 0 Å². The van der Waals surface area contributed by atoms with Crippen LogP contribution in [0.5, 0.6) is 23.0 Å². The van der Waals surface area contributed by atoms with E-state index in [-0.39, 0.29) is 18.2 Å². The molecular formula is C21H23ClN2O5. The normalized spacial score (nSPS) is 10.2. The fraction of sp³-hybridized carbons (Fsp3) is 0.238. The summed E-state index contributed by atoms with van der Waals surface area (Å²) in [7, 11) is 4.51. The lowest BCUT2D eigenvalue weighted by Gasteiger charge is -2.15. The van der Waals surface area contributed by atoms with Crippen LogP contribution in [0.3, 0.4) is 0 Å². The number of hydrogen-bond acceptors (Lipinski definition) is 7. The Morgan fingerprint density at radius 3 is 2.17 bits per heavy atom. The third kappa shape index (κ3) is 4.00. The van der Waals surface area contributed by atoms with E-state index in [0.29, 0.717) is 57.2 Å². The summed E-state index contributed by atoms with van der Waals surface area (Å²) in [5.74, 6) is 1.55. The zero-order valence-corrected chi connectivity index (χ0v) is 17.5. The molecule has 1 aromatic heterocycles. The van der Waals surface area contributed by atoms with Gasteiger partial charge in [-0.05, 0) is 36.6 Å². The number of benzene rings is 2. The van der Waals surface area contributed by atoms with E-state index in [1.807, 2.05) is 13.0 Å². The highest BCUT2D eigenvalue weighted by Gasteiger charge is 2.20. The Labute approximate surface area is 175 Å². The van der Waals surface area contributed by atoms with Gasteiger partial charge in [0.15, 0.2) is 17.3 Å². The van der Waals surface area contributed by atoms with Crippen LogP contribution < -0.4 is 24.7 Å². The fourth-order valence-corrected chi connectivity index (χ4v) is 3.08. The smallest absolute Gasteiger partial charge is 0.203 e. The van der Waals surface area contributed by atoms with E-state index in [4.69, 9.17) is 24.7 Å². The molecule has 0 amide bonds. The number of pyridine rings is 1. The van der Waals surface area contributed by atoms with Crippen LogP contribution in [0, 0.1) is 0 Å². The number of rotatable bonds is 7. The average Bonchev–Trinajstić information content (AvgIpc) is 2.73. The highest BCUT2D eigenvalue weighted by molar-refractivity contribution is 6.18. The molecule has 0 atom stereocenters. The third-order valence-corrected chi connectivity index (χ3v) is 4.42. The van der Waals surface area contributed by atoms with Crippen molar-refractivity contribution in [2.75, 3.05) is 33.7 Å². The molecule has 8 heteroatoms. The second kappa shape index (κ2) is 9.34. The molecule has 0 spiro atoms. The van der Waals surface area contributed by atoms with Crippen LogP contribution in [0.15, 0.2) is 36.7 Å². The molecule has 7 nitrogen and oxygen atoms in total. The van der Waals surface area contributed by atoms with E-state index in [0.717, 1.165) is 0 Å². The minimum absolute atomic E-state index is 0. The molecule has 0 bridgehead atoms. The maximum atomic E-state index is 13.3. The molecule has 0 fully saturated rings. The number of halogens is 1. The van der Waals surface area contributed by atoms with Gasteiger partial charge in [0.05, 0.1) is 33.6 Å². The number of ether oxygens (including phenoxy) is 4. The Balaban J connectivity index is 0.00000300. The number of hydrogen-bond donors (Lipinski definition) is 1. The molecule has 29 heavy (non-hydrogen) atoms. The van der Waals surface area contributed by atoms with Gasteiger partial charge >= 0.3 is 0 Å². The van der Waals surface area contributed by atoms with Crippen molar-refractivity contribution in [3.8, 4) is 23.0 Å². The standard InChI is InChI=1S/C21H22N2O5.ClH/c1-5-28-16-7-6-13-14(19(16)22)10-23-11-15(13)20(24)12-8-17(25-2)21(27-4)18(9-12)26-3;/h6-11H,5,22H2,1-4H3;1H.